The molecule has 3 aromatic rings. The lowest BCUT2D eigenvalue weighted by Gasteiger charge is -2.29. The first-order chi connectivity index (χ1) is 17.1. The van der Waals surface area contributed by atoms with Crippen molar-refractivity contribution in [2.45, 2.75) is 39.7 Å². The molecule has 1 aliphatic rings. The van der Waals surface area contributed by atoms with Crippen LogP contribution in [0.25, 0.3) is 16.0 Å². The molecule has 2 heterocycles. The van der Waals surface area contributed by atoms with Gasteiger partial charge in [-0.3, -0.25) is 14.7 Å². The smallest absolute Gasteiger partial charge is 0.258 e. The molecule has 1 fully saturated rings. The quantitative estimate of drug-likeness (QED) is 0.197. The van der Waals surface area contributed by atoms with E-state index in [2.05, 4.69) is 15.9 Å². The van der Waals surface area contributed by atoms with E-state index in [4.69, 9.17) is 35.1 Å². The number of carbonyl (C=O) groups excluding carboxylic acids is 1. The number of anilines is 1. The molecule has 0 spiro atoms. The predicted octanol–water partition coefficient (Wildman–Crippen LogP) is 6.75. The summed E-state index contributed by atoms with van der Waals surface area (Å²) in [7, 11) is 0. The Morgan fingerprint density at radius 1 is 1.11 bits per heavy atom. The zero-order valence-corrected chi connectivity index (χ0v) is 22.3. The fourth-order valence-electron chi connectivity index (χ4n) is 4.29. The van der Waals surface area contributed by atoms with E-state index in [0.29, 0.717) is 46.6 Å². The van der Waals surface area contributed by atoms with E-state index < -0.39 is 5.54 Å². The molecule has 36 heavy (non-hydrogen) atoms. The van der Waals surface area contributed by atoms with Crippen LogP contribution in [0.1, 0.15) is 31.5 Å². The standard InChI is InChI=1S/C28H27ClN4O2S/c1-18-17-21(13-14-31-18)20-7-9-22(10-8-20)35-16-6-15-32-27(36)33(26(34)28(32,3)4)24-12-11-23(30-5)25(29)19(24)2/h7-14,17H,6,15-16H2,1-4H3. The van der Waals surface area contributed by atoms with E-state index >= 15 is 0 Å². The van der Waals surface area contributed by atoms with Gasteiger partial charge in [0.2, 0.25) is 5.69 Å². The minimum absolute atomic E-state index is 0.120. The monoisotopic (exact) mass is 518 g/mol. The van der Waals surface area contributed by atoms with Gasteiger partial charge < -0.3 is 9.64 Å². The van der Waals surface area contributed by atoms with Crippen LogP contribution in [-0.2, 0) is 4.79 Å². The number of halogens is 1. The number of aryl methyl sites for hydroxylation is 1. The summed E-state index contributed by atoms with van der Waals surface area (Å²) >= 11 is 12.1. The number of amides is 1. The summed E-state index contributed by atoms with van der Waals surface area (Å²) in [6.07, 6.45) is 2.50. The number of aromatic nitrogens is 1. The SMILES string of the molecule is [C-]#[N+]c1ccc(N2C(=O)C(C)(C)N(CCCOc3ccc(-c4ccnc(C)c4)cc3)C2=S)c(C)c1Cl. The number of benzene rings is 2. The van der Waals surface area contributed by atoms with Crippen molar-refractivity contribution in [2.75, 3.05) is 18.1 Å². The van der Waals surface area contributed by atoms with Gasteiger partial charge in [-0.15, -0.1) is 0 Å². The predicted molar refractivity (Wildman–Crippen MR) is 148 cm³/mol. The molecule has 0 bridgehead atoms. The average molecular weight is 519 g/mol. The molecule has 8 heteroatoms. The van der Waals surface area contributed by atoms with Gasteiger partial charge >= 0.3 is 0 Å². The van der Waals surface area contributed by atoms with Crippen molar-refractivity contribution in [1.82, 2.24) is 9.88 Å². The number of hydrogen-bond donors (Lipinski definition) is 0. The van der Waals surface area contributed by atoms with Crippen molar-refractivity contribution in [3.8, 4) is 16.9 Å². The first-order valence-electron chi connectivity index (χ1n) is 11.6. The topological polar surface area (TPSA) is 50.0 Å². The molecule has 4 rings (SSSR count). The molecular formula is C28H27ClN4O2S. The summed E-state index contributed by atoms with van der Waals surface area (Å²) in [5.41, 5.74) is 4.02. The Hall–Kier alpha value is -3.47. The highest BCUT2D eigenvalue weighted by molar-refractivity contribution is 7.80. The van der Waals surface area contributed by atoms with Gasteiger partial charge in [0.15, 0.2) is 5.11 Å². The molecule has 0 radical (unpaired) electrons. The summed E-state index contributed by atoms with van der Waals surface area (Å²) in [4.78, 5) is 24.5. The van der Waals surface area contributed by atoms with Gasteiger partial charge in [0.1, 0.15) is 11.3 Å². The normalized spacial score (nSPS) is 14.8. The Labute approximate surface area is 222 Å². The number of pyridine rings is 1. The lowest BCUT2D eigenvalue weighted by atomic mass is 10.0. The summed E-state index contributed by atoms with van der Waals surface area (Å²) < 4.78 is 5.96. The van der Waals surface area contributed by atoms with Gasteiger partial charge in [0.05, 0.1) is 23.9 Å². The van der Waals surface area contributed by atoms with E-state index in [9.17, 15) is 4.79 Å². The first-order valence-corrected chi connectivity index (χ1v) is 12.4. The molecule has 0 atom stereocenters. The maximum absolute atomic E-state index is 13.3. The third-order valence-electron chi connectivity index (χ3n) is 6.40. The molecule has 0 aliphatic carbocycles. The summed E-state index contributed by atoms with van der Waals surface area (Å²) in [6, 6.07) is 15.4. The Morgan fingerprint density at radius 3 is 2.50 bits per heavy atom. The Morgan fingerprint density at radius 2 is 1.83 bits per heavy atom. The molecule has 0 saturated carbocycles. The number of nitrogens with zero attached hydrogens (tertiary/aromatic N) is 4. The molecule has 1 aromatic heterocycles. The van der Waals surface area contributed by atoms with Crippen LogP contribution in [0.3, 0.4) is 0 Å². The van der Waals surface area contributed by atoms with Crippen molar-refractivity contribution in [3.63, 3.8) is 0 Å². The van der Waals surface area contributed by atoms with Gasteiger partial charge in [0.25, 0.3) is 5.91 Å². The number of thiocarbonyl (C=S) groups is 1. The molecule has 2 aromatic carbocycles. The lowest BCUT2D eigenvalue weighted by molar-refractivity contribution is -0.123. The minimum atomic E-state index is -0.807. The highest BCUT2D eigenvalue weighted by Crippen LogP contribution is 2.39. The van der Waals surface area contributed by atoms with Crippen LogP contribution in [0.2, 0.25) is 5.02 Å². The third kappa shape index (κ3) is 4.79. The van der Waals surface area contributed by atoms with Gasteiger partial charge in [-0.2, -0.15) is 0 Å². The Balaban J connectivity index is 1.40. The number of rotatable bonds is 7. The zero-order chi connectivity index (χ0) is 26.0. The van der Waals surface area contributed by atoms with Crippen molar-refractivity contribution in [3.05, 3.63) is 82.4 Å². The lowest BCUT2D eigenvalue weighted by Crippen LogP contribution is -2.44. The molecule has 184 valence electrons. The molecule has 0 unspecified atom stereocenters. The van der Waals surface area contributed by atoms with Crippen LogP contribution in [-0.4, -0.2) is 39.6 Å². The second-order valence-corrected chi connectivity index (χ2v) is 9.94. The van der Waals surface area contributed by atoms with Crippen LogP contribution in [0.5, 0.6) is 5.75 Å². The highest BCUT2D eigenvalue weighted by Gasteiger charge is 2.49. The molecule has 1 amide bonds. The second-order valence-electron chi connectivity index (χ2n) is 9.20. The van der Waals surface area contributed by atoms with Gasteiger partial charge in [-0.1, -0.05) is 29.8 Å². The molecule has 1 aliphatic heterocycles. The summed E-state index contributed by atoms with van der Waals surface area (Å²) in [5, 5.41) is 0.768. The fourth-order valence-corrected chi connectivity index (χ4v) is 5.00. The van der Waals surface area contributed by atoms with Gasteiger partial charge in [-0.05, 0) is 93.4 Å². The molecular weight excluding hydrogens is 492 g/mol. The van der Waals surface area contributed by atoms with Crippen LogP contribution < -0.4 is 9.64 Å². The summed E-state index contributed by atoms with van der Waals surface area (Å²) in [6.45, 7) is 15.8. The maximum Gasteiger partial charge on any atom is 0.258 e. The van der Waals surface area contributed by atoms with Crippen molar-refractivity contribution in [1.29, 1.82) is 0 Å². The average Bonchev–Trinajstić information content (AvgIpc) is 3.02. The Kier molecular flexibility index (Phi) is 7.30. The van der Waals surface area contributed by atoms with E-state index in [-0.39, 0.29) is 5.91 Å². The van der Waals surface area contributed by atoms with E-state index in [0.717, 1.165) is 22.6 Å². The van der Waals surface area contributed by atoms with Gasteiger partial charge in [0, 0.05) is 18.4 Å². The highest BCUT2D eigenvalue weighted by atomic mass is 35.5. The zero-order valence-electron chi connectivity index (χ0n) is 20.7. The summed E-state index contributed by atoms with van der Waals surface area (Å²) in [5.74, 6) is 0.667. The van der Waals surface area contributed by atoms with Crippen LogP contribution in [0, 0.1) is 20.4 Å². The third-order valence-corrected chi connectivity index (χ3v) is 7.28. The fraction of sp³-hybridized carbons (Fsp3) is 0.286. The second kappa shape index (κ2) is 10.3. The van der Waals surface area contributed by atoms with E-state index in [1.807, 2.05) is 62.2 Å². The molecule has 1 saturated heterocycles. The molecule has 0 N–H and O–H groups in total. The number of ether oxygens (including phenoxy) is 1. The van der Waals surface area contributed by atoms with Crippen LogP contribution in [0.15, 0.2) is 54.7 Å². The van der Waals surface area contributed by atoms with E-state index in [1.165, 1.54) is 4.90 Å². The number of carbonyl (C=O) groups is 1. The Bertz CT molecular complexity index is 1360. The largest absolute Gasteiger partial charge is 0.494 e. The first kappa shape index (κ1) is 25.6. The van der Waals surface area contributed by atoms with Crippen molar-refractivity contribution in [2.24, 2.45) is 0 Å². The van der Waals surface area contributed by atoms with Crippen LogP contribution >= 0.6 is 23.8 Å². The molecule has 6 nitrogen and oxygen atoms in total. The minimum Gasteiger partial charge on any atom is -0.494 e. The van der Waals surface area contributed by atoms with Crippen molar-refractivity contribution < 1.29 is 9.53 Å². The van der Waals surface area contributed by atoms with Gasteiger partial charge in [-0.25, -0.2) is 4.85 Å². The maximum atomic E-state index is 13.3. The van der Waals surface area contributed by atoms with Crippen molar-refractivity contribution >= 4 is 46.2 Å². The van der Waals surface area contributed by atoms with E-state index in [1.54, 1.807) is 19.1 Å². The van der Waals surface area contributed by atoms with Crippen LogP contribution in [0.4, 0.5) is 11.4 Å². The number of hydrogen-bond acceptors (Lipinski definition) is 4.